The molecule has 6 heteroatoms. The molecule has 0 aromatic heterocycles. The van der Waals surface area contributed by atoms with Crippen LogP contribution in [0.5, 0.6) is 0 Å². The minimum absolute atomic E-state index is 0.0207. The minimum atomic E-state index is -1.45. The van der Waals surface area contributed by atoms with Crippen LogP contribution in [0, 0.1) is 0 Å². The van der Waals surface area contributed by atoms with E-state index in [9.17, 15) is 14.4 Å². The molecule has 1 N–H and O–H groups in total. The Kier molecular flexibility index (Phi) is 4.68. The smallest absolute Gasteiger partial charge is 0.394 e. The summed E-state index contributed by atoms with van der Waals surface area (Å²) in [5.41, 5.74) is 0. The molecule has 0 atom stereocenters. The van der Waals surface area contributed by atoms with Crippen molar-refractivity contribution in [3.63, 3.8) is 0 Å². The molecule has 1 aliphatic rings. The highest BCUT2D eigenvalue weighted by atomic mass is 16.4. The molecule has 0 radical (unpaired) electrons. The standard InChI is InChI=1S/C11H16N2O4/c1-2-3-4-9(14)12-5-7-13(8-6-12)10(15)11(16)17/h2H,1,3-8H2,(H,16,17). The second-order valence-corrected chi connectivity index (χ2v) is 3.81. The summed E-state index contributed by atoms with van der Waals surface area (Å²) in [5, 5.41) is 8.54. The molecule has 17 heavy (non-hydrogen) atoms. The van der Waals surface area contributed by atoms with E-state index in [4.69, 9.17) is 5.11 Å². The van der Waals surface area contributed by atoms with E-state index in [1.807, 2.05) is 0 Å². The number of piperazine rings is 1. The quantitative estimate of drug-likeness (QED) is 0.543. The number of hydrogen-bond acceptors (Lipinski definition) is 3. The fourth-order valence-electron chi connectivity index (χ4n) is 1.68. The molecule has 0 aromatic carbocycles. The Morgan fingerprint density at radius 2 is 1.65 bits per heavy atom. The SMILES string of the molecule is C=CCCC(=O)N1CCN(C(=O)C(=O)O)CC1. The van der Waals surface area contributed by atoms with Gasteiger partial charge in [-0.2, -0.15) is 0 Å². The zero-order chi connectivity index (χ0) is 12.8. The molecule has 1 fully saturated rings. The van der Waals surface area contributed by atoms with Crippen molar-refractivity contribution in [1.82, 2.24) is 9.80 Å². The van der Waals surface area contributed by atoms with Gasteiger partial charge >= 0.3 is 11.9 Å². The fraction of sp³-hybridized carbons (Fsp3) is 0.545. The maximum absolute atomic E-state index is 11.6. The molecule has 0 bridgehead atoms. The van der Waals surface area contributed by atoms with Gasteiger partial charge in [-0.1, -0.05) is 6.08 Å². The van der Waals surface area contributed by atoms with Gasteiger partial charge in [0.15, 0.2) is 0 Å². The van der Waals surface area contributed by atoms with Gasteiger partial charge in [0.05, 0.1) is 0 Å². The molecule has 0 aliphatic carbocycles. The van der Waals surface area contributed by atoms with Crippen molar-refractivity contribution in [2.24, 2.45) is 0 Å². The number of rotatable bonds is 3. The Labute approximate surface area is 99.5 Å². The van der Waals surface area contributed by atoms with E-state index < -0.39 is 11.9 Å². The molecule has 2 amide bonds. The maximum atomic E-state index is 11.6. The molecule has 1 heterocycles. The van der Waals surface area contributed by atoms with Gasteiger partial charge in [-0.25, -0.2) is 4.79 Å². The van der Waals surface area contributed by atoms with E-state index in [1.54, 1.807) is 11.0 Å². The van der Waals surface area contributed by atoms with Crippen LogP contribution in [-0.4, -0.2) is 58.9 Å². The zero-order valence-corrected chi connectivity index (χ0v) is 9.59. The number of carbonyl (C=O) groups is 3. The molecule has 1 aliphatic heterocycles. The summed E-state index contributed by atoms with van der Waals surface area (Å²) in [4.78, 5) is 36.2. The van der Waals surface area contributed by atoms with Gasteiger partial charge in [0.2, 0.25) is 5.91 Å². The lowest BCUT2D eigenvalue weighted by Gasteiger charge is -2.33. The largest absolute Gasteiger partial charge is 0.474 e. The van der Waals surface area contributed by atoms with E-state index in [-0.39, 0.29) is 19.0 Å². The van der Waals surface area contributed by atoms with Crippen molar-refractivity contribution in [1.29, 1.82) is 0 Å². The summed E-state index contributed by atoms with van der Waals surface area (Å²) in [6.07, 6.45) is 2.73. The number of hydrogen-bond donors (Lipinski definition) is 1. The van der Waals surface area contributed by atoms with Crippen molar-refractivity contribution in [3.05, 3.63) is 12.7 Å². The minimum Gasteiger partial charge on any atom is -0.474 e. The Hall–Kier alpha value is -1.85. The summed E-state index contributed by atoms with van der Waals surface area (Å²) in [7, 11) is 0. The lowest BCUT2D eigenvalue weighted by Crippen LogP contribution is -2.52. The first kappa shape index (κ1) is 13.2. The van der Waals surface area contributed by atoms with Crippen molar-refractivity contribution in [2.45, 2.75) is 12.8 Å². The Morgan fingerprint density at radius 1 is 1.12 bits per heavy atom. The van der Waals surface area contributed by atoms with Crippen molar-refractivity contribution in [2.75, 3.05) is 26.2 Å². The maximum Gasteiger partial charge on any atom is 0.394 e. The summed E-state index contributed by atoms with van der Waals surface area (Å²) in [6, 6.07) is 0. The second kappa shape index (κ2) is 6.03. The van der Waals surface area contributed by atoms with Gasteiger partial charge in [0, 0.05) is 32.6 Å². The highest BCUT2D eigenvalue weighted by Gasteiger charge is 2.26. The molecular weight excluding hydrogens is 224 g/mol. The predicted molar refractivity (Wildman–Crippen MR) is 60.2 cm³/mol. The summed E-state index contributed by atoms with van der Waals surface area (Å²) >= 11 is 0. The molecule has 0 unspecified atom stereocenters. The lowest BCUT2D eigenvalue weighted by atomic mass is 10.2. The van der Waals surface area contributed by atoms with Crippen LogP contribution in [0.25, 0.3) is 0 Å². The van der Waals surface area contributed by atoms with E-state index in [2.05, 4.69) is 6.58 Å². The normalized spacial score (nSPS) is 15.5. The number of nitrogens with zero attached hydrogens (tertiary/aromatic N) is 2. The number of aliphatic carboxylic acids is 1. The van der Waals surface area contributed by atoms with E-state index in [0.717, 1.165) is 0 Å². The molecule has 1 saturated heterocycles. The molecule has 0 aromatic rings. The molecule has 1 rings (SSSR count). The first-order valence-electron chi connectivity index (χ1n) is 5.47. The summed E-state index contributed by atoms with van der Waals surface area (Å²) in [6.45, 7) is 4.90. The predicted octanol–water partition coefficient (Wildman–Crippen LogP) is -0.292. The number of carbonyl (C=O) groups excluding carboxylic acids is 2. The number of allylic oxidation sites excluding steroid dienone is 1. The van der Waals surface area contributed by atoms with Gasteiger partial charge < -0.3 is 14.9 Å². The third-order valence-electron chi connectivity index (χ3n) is 2.66. The average molecular weight is 240 g/mol. The monoisotopic (exact) mass is 240 g/mol. The van der Waals surface area contributed by atoms with E-state index >= 15 is 0 Å². The van der Waals surface area contributed by atoms with Crippen LogP contribution in [0.4, 0.5) is 0 Å². The van der Waals surface area contributed by atoms with Crippen LogP contribution in [0.2, 0.25) is 0 Å². The lowest BCUT2D eigenvalue weighted by molar-refractivity contribution is -0.157. The highest BCUT2D eigenvalue weighted by molar-refractivity contribution is 6.31. The number of carboxylic acids is 1. The van der Waals surface area contributed by atoms with Crippen molar-refractivity contribution < 1.29 is 19.5 Å². The topological polar surface area (TPSA) is 77.9 Å². The first-order chi connectivity index (χ1) is 8.06. The first-order valence-corrected chi connectivity index (χ1v) is 5.47. The van der Waals surface area contributed by atoms with Crippen molar-refractivity contribution in [3.8, 4) is 0 Å². The van der Waals surface area contributed by atoms with Crippen LogP contribution in [0.15, 0.2) is 12.7 Å². The van der Waals surface area contributed by atoms with Crippen LogP contribution in [0.3, 0.4) is 0 Å². The number of carboxylic acid groups (broad SMARTS) is 1. The van der Waals surface area contributed by atoms with Gasteiger partial charge in [0.1, 0.15) is 0 Å². The summed E-state index contributed by atoms with van der Waals surface area (Å²) < 4.78 is 0. The molecular formula is C11H16N2O4. The fourth-order valence-corrected chi connectivity index (χ4v) is 1.68. The highest BCUT2D eigenvalue weighted by Crippen LogP contribution is 2.05. The van der Waals surface area contributed by atoms with E-state index in [1.165, 1.54) is 4.90 Å². The summed E-state index contributed by atoms with van der Waals surface area (Å²) in [5.74, 6) is -2.33. The van der Waals surface area contributed by atoms with Crippen LogP contribution >= 0.6 is 0 Å². The molecule has 94 valence electrons. The third-order valence-corrected chi connectivity index (χ3v) is 2.66. The Balaban J connectivity index is 2.40. The van der Waals surface area contributed by atoms with Gasteiger partial charge in [-0.05, 0) is 6.42 Å². The van der Waals surface area contributed by atoms with E-state index in [0.29, 0.717) is 25.9 Å². The van der Waals surface area contributed by atoms with Crippen molar-refractivity contribution >= 4 is 17.8 Å². The second-order valence-electron chi connectivity index (χ2n) is 3.81. The van der Waals surface area contributed by atoms with Gasteiger partial charge in [-0.3, -0.25) is 9.59 Å². The molecule has 0 saturated carbocycles. The third kappa shape index (κ3) is 3.58. The van der Waals surface area contributed by atoms with Gasteiger partial charge in [-0.15, -0.1) is 6.58 Å². The molecule has 6 nitrogen and oxygen atoms in total. The average Bonchev–Trinajstić information content (AvgIpc) is 2.35. The Morgan fingerprint density at radius 3 is 2.12 bits per heavy atom. The Bertz CT molecular complexity index is 332. The van der Waals surface area contributed by atoms with Crippen LogP contribution in [-0.2, 0) is 14.4 Å². The zero-order valence-electron chi connectivity index (χ0n) is 9.59. The number of amides is 2. The van der Waals surface area contributed by atoms with Crippen LogP contribution < -0.4 is 0 Å². The molecule has 0 spiro atoms. The van der Waals surface area contributed by atoms with Gasteiger partial charge in [0.25, 0.3) is 0 Å². The van der Waals surface area contributed by atoms with Crippen LogP contribution in [0.1, 0.15) is 12.8 Å².